The Balaban J connectivity index is 1.36. The molecular weight excluding hydrogens is 382 g/mol. The zero-order chi connectivity index (χ0) is 20.3. The van der Waals surface area contributed by atoms with E-state index >= 15 is 0 Å². The molecule has 1 amide bonds. The van der Waals surface area contributed by atoms with Crippen molar-refractivity contribution in [3.05, 3.63) is 59.7 Å². The molecule has 2 fully saturated rings. The summed E-state index contributed by atoms with van der Waals surface area (Å²) in [6.45, 7) is 5.30. The van der Waals surface area contributed by atoms with Crippen LogP contribution in [0.1, 0.15) is 23.3 Å². The zero-order valence-electron chi connectivity index (χ0n) is 17.0. The van der Waals surface area contributed by atoms with E-state index in [-0.39, 0.29) is 24.9 Å². The van der Waals surface area contributed by atoms with Crippen LogP contribution in [0, 0.1) is 0 Å². The minimum atomic E-state index is -0.144. The first-order valence-corrected chi connectivity index (χ1v) is 10.6. The Morgan fingerprint density at radius 2 is 1.67 bits per heavy atom. The van der Waals surface area contributed by atoms with Crippen LogP contribution in [0.15, 0.2) is 48.5 Å². The van der Waals surface area contributed by atoms with Crippen molar-refractivity contribution in [2.45, 2.75) is 12.2 Å². The van der Waals surface area contributed by atoms with Crippen molar-refractivity contribution in [3.63, 3.8) is 0 Å². The van der Waals surface area contributed by atoms with Gasteiger partial charge >= 0.3 is 0 Å². The van der Waals surface area contributed by atoms with Crippen molar-refractivity contribution in [3.8, 4) is 11.5 Å². The topological polar surface area (TPSA) is 63.3 Å². The van der Waals surface area contributed by atoms with E-state index in [1.807, 2.05) is 41.3 Å². The fraction of sp³-hybridized carbons (Fsp3) is 0.435. The molecule has 7 heteroatoms. The Morgan fingerprint density at radius 3 is 2.47 bits per heavy atom. The van der Waals surface area contributed by atoms with Gasteiger partial charge < -0.3 is 24.4 Å². The molecule has 0 radical (unpaired) electrons. The van der Waals surface area contributed by atoms with E-state index in [0.717, 1.165) is 48.8 Å². The van der Waals surface area contributed by atoms with Gasteiger partial charge in [-0.05, 0) is 23.3 Å². The van der Waals surface area contributed by atoms with Crippen molar-refractivity contribution < 1.29 is 19.0 Å². The molecule has 2 aromatic carbocycles. The average molecular weight is 409 g/mol. The number of rotatable bonds is 4. The molecule has 0 spiro atoms. The van der Waals surface area contributed by atoms with Gasteiger partial charge in [-0.15, -0.1) is 0 Å². The quantitative estimate of drug-likeness (QED) is 0.833. The summed E-state index contributed by atoms with van der Waals surface area (Å²) in [5, 5.41) is 3.30. The maximum absolute atomic E-state index is 12.9. The number of hydrogen-bond acceptors (Lipinski definition) is 6. The lowest BCUT2D eigenvalue weighted by molar-refractivity contribution is -0.138. The number of benzene rings is 2. The second kappa shape index (κ2) is 8.63. The van der Waals surface area contributed by atoms with Gasteiger partial charge in [0.05, 0.1) is 18.8 Å². The highest BCUT2D eigenvalue weighted by Gasteiger charge is 2.32. The Labute approximate surface area is 176 Å². The molecule has 2 aromatic rings. The number of nitrogens with one attached hydrogen (secondary N) is 1. The zero-order valence-corrected chi connectivity index (χ0v) is 17.0. The van der Waals surface area contributed by atoms with Crippen LogP contribution in [0.5, 0.6) is 11.5 Å². The molecule has 1 N–H and O–H groups in total. The Morgan fingerprint density at radius 1 is 0.933 bits per heavy atom. The molecule has 3 heterocycles. The van der Waals surface area contributed by atoms with E-state index in [0.29, 0.717) is 19.6 Å². The minimum absolute atomic E-state index is 0.0915. The summed E-state index contributed by atoms with van der Waals surface area (Å²) in [4.78, 5) is 17.1. The minimum Gasteiger partial charge on any atom is -0.454 e. The number of hydrogen-bond donors (Lipinski definition) is 1. The summed E-state index contributed by atoms with van der Waals surface area (Å²) in [6, 6.07) is 16.2. The molecular formula is C23H27N3O4. The second-order valence-corrected chi connectivity index (χ2v) is 7.96. The predicted octanol–water partition coefficient (Wildman–Crippen LogP) is 1.96. The third kappa shape index (κ3) is 4.14. The van der Waals surface area contributed by atoms with Gasteiger partial charge in [-0.3, -0.25) is 9.69 Å². The van der Waals surface area contributed by atoms with Gasteiger partial charge in [-0.25, -0.2) is 0 Å². The van der Waals surface area contributed by atoms with Gasteiger partial charge in [0.25, 0.3) is 0 Å². The number of nitrogens with zero attached hydrogens (tertiary/aromatic N) is 2. The van der Waals surface area contributed by atoms with E-state index in [4.69, 9.17) is 14.2 Å². The molecule has 30 heavy (non-hydrogen) atoms. The summed E-state index contributed by atoms with van der Waals surface area (Å²) in [7, 11) is 0. The van der Waals surface area contributed by atoms with Crippen LogP contribution in [0.3, 0.4) is 0 Å². The highest BCUT2D eigenvalue weighted by atomic mass is 16.7. The van der Waals surface area contributed by atoms with Crippen LogP contribution in [0.4, 0.5) is 0 Å². The van der Waals surface area contributed by atoms with E-state index < -0.39 is 0 Å². The second-order valence-electron chi connectivity index (χ2n) is 7.96. The summed E-state index contributed by atoms with van der Waals surface area (Å²) >= 11 is 0. The van der Waals surface area contributed by atoms with Gasteiger partial charge in [0.2, 0.25) is 12.7 Å². The molecule has 0 unspecified atom stereocenters. The molecule has 0 aliphatic carbocycles. The Hall–Kier alpha value is -2.61. The molecule has 2 atom stereocenters. The van der Waals surface area contributed by atoms with Crippen molar-refractivity contribution in [2.75, 3.05) is 52.6 Å². The number of fused-ring (bicyclic) bond motifs is 1. The molecule has 3 aliphatic heterocycles. The van der Waals surface area contributed by atoms with Gasteiger partial charge in [0.1, 0.15) is 0 Å². The molecule has 0 bridgehead atoms. The molecule has 0 aromatic heterocycles. The highest BCUT2D eigenvalue weighted by molar-refractivity contribution is 5.78. The van der Waals surface area contributed by atoms with Crippen LogP contribution < -0.4 is 14.8 Å². The summed E-state index contributed by atoms with van der Waals surface area (Å²) < 4.78 is 17.5. The van der Waals surface area contributed by atoms with E-state index in [1.54, 1.807) is 0 Å². The van der Waals surface area contributed by atoms with Crippen LogP contribution in [0.2, 0.25) is 0 Å². The van der Waals surface area contributed by atoms with Crippen LogP contribution in [-0.2, 0) is 9.53 Å². The fourth-order valence-corrected chi connectivity index (χ4v) is 4.31. The number of carbonyl (C=O) groups excluding carboxylic acids is 1. The largest absolute Gasteiger partial charge is 0.454 e. The number of carbonyl (C=O) groups is 1. The average Bonchev–Trinajstić information content (AvgIpc) is 3.28. The highest BCUT2D eigenvalue weighted by Crippen LogP contribution is 2.38. The van der Waals surface area contributed by atoms with Gasteiger partial charge in [-0.1, -0.05) is 36.4 Å². The van der Waals surface area contributed by atoms with Crippen molar-refractivity contribution >= 4 is 5.91 Å². The molecule has 7 nitrogen and oxygen atoms in total. The number of piperazine rings is 1. The molecule has 3 aliphatic rings. The maximum Gasteiger partial charge on any atom is 0.236 e. The lowest BCUT2D eigenvalue weighted by Crippen LogP contribution is -2.51. The summed E-state index contributed by atoms with van der Waals surface area (Å²) in [6.07, 6.45) is -0.236. The third-order valence-corrected chi connectivity index (χ3v) is 5.94. The molecule has 158 valence electrons. The lowest BCUT2D eigenvalue weighted by atomic mass is 10.0. The third-order valence-electron chi connectivity index (χ3n) is 5.94. The van der Waals surface area contributed by atoms with Crippen LogP contribution in [-0.4, -0.2) is 68.3 Å². The van der Waals surface area contributed by atoms with Gasteiger partial charge in [0, 0.05) is 39.3 Å². The summed E-state index contributed by atoms with van der Waals surface area (Å²) in [5.74, 6) is 1.70. The molecule has 5 rings (SSSR count). The first-order chi connectivity index (χ1) is 14.8. The van der Waals surface area contributed by atoms with E-state index in [2.05, 4.69) is 22.3 Å². The first-order valence-electron chi connectivity index (χ1n) is 10.6. The van der Waals surface area contributed by atoms with Gasteiger partial charge in [-0.2, -0.15) is 0 Å². The maximum atomic E-state index is 12.9. The van der Waals surface area contributed by atoms with E-state index in [9.17, 15) is 4.79 Å². The number of ether oxygens (including phenoxy) is 3. The molecule has 0 saturated carbocycles. The summed E-state index contributed by atoms with van der Waals surface area (Å²) in [5.41, 5.74) is 2.17. The smallest absolute Gasteiger partial charge is 0.236 e. The molecule has 2 saturated heterocycles. The number of amides is 1. The van der Waals surface area contributed by atoms with Crippen molar-refractivity contribution in [2.24, 2.45) is 0 Å². The normalized spacial score (nSPS) is 24.1. The van der Waals surface area contributed by atoms with E-state index in [1.165, 1.54) is 0 Å². The number of morpholine rings is 1. The monoisotopic (exact) mass is 409 g/mol. The fourth-order valence-electron chi connectivity index (χ4n) is 4.31. The van der Waals surface area contributed by atoms with Crippen molar-refractivity contribution in [1.29, 1.82) is 0 Å². The Kier molecular flexibility index (Phi) is 5.57. The van der Waals surface area contributed by atoms with Crippen molar-refractivity contribution in [1.82, 2.24) is 15.1 Å². The lowest BCUT2D eigenvalue weighted by Gasteiger charge is -2.39. The van der Waals surface area contributed by atoms with Crippen LogP contribution in [0.25, 0.3) is 0 Å². The van der Waals surface area contributed by atoms with Gasteiger partial charge in [0.15, 0.2) is 11.5 Å². The predicted molar refractivity (Wildman–Crippen MR) is 111 cm³/mol. The SMILES string of the molecule is O=C(CN1C[C@@H](c2ccccc2)O[C@@H](c2ccc3c(c2)OCO3)C1)N1CCNCC1. The Bertz CT molecular complexity index is 885. The standard InChI is InChI=1S/C23H27N3O4/c27-23(26-10-8-24-9-11-26)15-25-13-21(17-4-2-1-3-5-17)30-22(14-25)18-6-7-19-20(12-18)29-16-28-19/h1-7,12,21-22,24H,8-11,13-16H2/t21-,22+/m0/s1. The first kappa shape index (κ1) is 19.4. The van der Waals surface area contributed by atoms with Crippen LogP contribution >= 0.6 is 0 Å².